The fourth-order valence-corrected chi connectivity index (χ4v) is 2.62. The summed E-state index contributed by atoms with van der Waals surface area (Å²) in [4.78, 5) is 0. The van der Waals surface area contributed by atoms with Crippen LogP contribution < -0.4 is 4.74 Å². The summed E-state index contributed by atoms with van der Waals surface area (Å²) in [5, 5.41) is -0.175. The lowest BCUT2D eigenvalue weighted by Crippen LogP contribution is -1.99. The molecular formula is C15H13Cl2FO. The lowest BCUT2D eigenvalue weighted by atomic mass is 10.0. The summed E-state index contributed by atoms with van der Waals surface area (Å²) in [6.07, 6.45) is 0. The van der Waals surface area contributed by atoms with E-state index in [4.69, 9.17) is 27.9 Å². The Labute approximate surface area is 121 Å². The van der Waals surface area contributed by atoms with Gasteiger partial charge in [0.1, 0.15) is 11.6 Å². The van der Waals surface area contributed by atoms with Crippen LogP contribution >= 0.6 is 23.2 Å². The van der Waals surface area contributed by atoms with E-state index in [0.29, 0.717) is 16.3 Å². The SMILES string of the molecule is COc1ccc(C)cc1C(Cl)c1ccc(F)cc1Cl. The summed E-state index contributed by atoms with van der Waals surface area (Å²) < 4.78 is 18.4. The Kier molecular flexibility index (Phi) is 4.33. The molecule has 2 aromatic rings. The number of halogens is 3. The van der Waals surface area contributed by atoms with Crippen molar-refractivity contribution in [2.75, 3.05) is 7.11 Å². The van der Waals surface area contributed by atoms with Gasteiger partial charge in [0.25, 0.3) is 0 Å². The third kappa shape index (κ3) is 3.02. The van der Waals surface area contributed by atoms with Crippen LogP contribution in [0.15, 0.2) is 36.4 Å². The largest absolute Gasteiger partial charge is 0.496 e. The topological polar surface area (TPSA) is 9.23 Å². The average molecular weight is 299 g/mol. The molecule has 1 nitrogen and oxygen atoms in total. The molecule has 0 heterocycles. The van der Waals surface area contributed by atoms with Crippen molar-refractivity contribution in [1.29, 1.82) is 0 Å². The molecule has 1 unspecified atom stereocenters. The molecule has 2 aromatic carbocycles. The van der Waals surface area contributed by atoms with Gasteiger partial charge in [-0.05, 0) is 30.7 Å². The molecule has 4 heteroatoms. The predicted molar refractivity (Wildman–Crippen MR) is 76.8 cm³/mol. The van der Waals surface area contributed by atoms with Crippen molar-refractivity contribution in [2.45, 2.75) is 12.3 Å². The minimum Gasteiger partial charge on any atom is -0.496 e. The molecule has 0 radical (unpaired) electrons. The highest BCUT2D eigenvalue weighted by molar-refractivity contribution is 6.33. The van der Waals surface area contributed by atoms with Crippen LogP contribution in [-0.4, -0.2) is 7.11 Å². The van der Waals surface area contributed by atoms with E-state index in [1.54, 1.807) is 13.2 Å². The monoisotopic (exact) mass is 298 g/mol. The highest BCUT2D eigenvalue weighted by Gasteiger charge is 2.18. The quantitative estimate of drug-likeness (QED) is 0.714. The number of hydrogen-bond donors (Lipinski definition) is 0. The van der Waals surface area contributed by atoms with Crippen LogP contribution in [0.4, 0.5) is 4.39 Å². The first-order valence-electron chi connectivity index (χ1n) is 5.76. The molecule has 100 valence electrons. The summed E-state index contributed by atoms with van der Waals surface area (Å²) in [6.45, 7) is 1.97. The third-order valence-electron chi connectivity index (χ3n) is 2.89. The Hall–Kier alpha value is -1.25. The van der Waals surface area contributed by atoms with Crippen molar-refractivity contribution >= 4 is 23.2 Å². The Morgan fingerprint density at radius 2 is 1.84 bits per heavy atom. The van der Waals surface area contributed by atoms with Gasteiger partial charge in [-0.15, -0.1) is 11.6 Å². The van der Waals surface area contributed by atoms with Gasteiger partial charge in [0.05, 0.1) is 12.5 Å². The second-order valence-corrected chi connectivity index (χ2v) is 5.12. The first-order chi connectivity index (χ1) is 9.02. The summed E-state index contributed by atoms with van der Waals surface area (Å²) in [7, 11) is 1.59. The molecule has 0 bridgehead atoms. The molecule has 0 aromatic heterocycles. The van der Waals surface area contributed by atoms with Crippen molar-refractivity contribution in [3.63, 3.8) is 0 Å². The van der Waals surface area contributed by atoms with Crippen LogP contribution in [0, 0.1) is 12.7 Å². The number of benzene rings is 2. The van der Waals surface area contributed by atoms with Crippen LogP contribution in [0.25, 0.3) is 0 Å². The maximum atomic E-state index is 13.1. The first-order valence-corrected chi connectivity index (χ1v) is 6.58. The lowest BCUT2D eigenvalue weighted by Gasteiger charge is -2.16. The number of alkyl halides is 1. The Morgan fingerprint density at radius 1 is 1.11 bits per heavy atom. The second kappa shape index (κ2) is 5.81. The molecule has 0 N–H and O–H groups in total. The van der Waals surface area contributed by atoms with Crippen molar-refractivity contribution in [1.82, 2.24) is 0 Å². The molecule has 0 aliphatic carbocycles. The number of ether oxygens (including phenoxy) is 1. The maximum absolute atomic E-state index is 13.1. The van der Waals surface area contributed by atoms with E-state index in [1.807, 2.05) is 25.1 Å². The summed E-state index contributed by atoms with van der Waals surface area (Å²) in [6, 6.07) is 9.94. The van der Waals surface area contributed by atoms with E-state index < -0.39 is 5.38 Å². The van der Waals surface area contributed by atoms with Crippen LogP contribution in [0.3, 0.4) is 0 Å². The van der Waals surface area contributed by atoms with Gasteiger partial charge in [0, 0.05) is 10.6 Å². The lowest BCUT2D eigenvalue weighted by molar-refractivity contribution is 0.410. The van der Waals surface area contributed by atoms with E-state index in [2.05, 4.69) is 0 Å². The smallest absolute Gasteiger partial charge is 0.124 e. The standard InChI is InChI=1S/C15H13Cl2FO/c1-9-3-6-14(19-2)12(7-9)15(17)11-5-4-10(18)8-13(11)16/h3-8,15H,1-2H3. The molecule has 0 saturated carbocycles. The summed E-state index contributed by atoms with van der Waals surface area (Å²) >= 11 is 12.5. The second-order valence-electron chi connectivity index (χ2n) is 4.27. The minimum atomic E-state index is -0.483. The zero-order valence-corrected chi connectivity index (χ0v) is 12.1. The van der Waals surface area contributed by atoms with Crippen LogP contribution in [0.5, 0.6) is 5.75 Å². The normalized spacial score (nSPS) is 12.3. The predicted octanol–water partition coefficient (Wildman–Crippen LogP) is 5.12. The Morgan fingerprint density at radius 3 is 2.47 bits per heavy atom. The van der Waals surface area contributed by atoms with Crippen LogP contribution in [0.2, 0.25) is 5.02 Å². The van der Waals surface area contributed by atoms with E-state index in [-0.39, 0.29) is 5.82 Å². The Balaban J connectivity index is 2.49. The zero-order chi connectivity index (χ0) is 14.0. The molecule has 1 atom stereocenters. The van der Waals surface area contributed by atoms with Crippen molar-refractivity contribution in [3.05, 3.63) is 63.9 Å². The molecule has 19 heavy (non-hydrogen) atoms. The summed E-state index contributed by atoms with van der Waals surface area (Å²) in [5.41, 5.74) is 2.55. The van der Waals surface area contributed by atoms with Gasteiger partial charge in [0.15, 0.2) is 0 Å². The minimum absolute atomic E-state index is 0.309. The van der Waals surface area contributed by atoms with E-state index in [0.717, 1.165) is 11.1 Å². The van der Waals surface area contributed by atoms with E-state index in [1.165, 1.54) is 12.1 Å². The summed E-state index contributed by atoms with van der Waals surface area (Å²) in [5.74, 6) is 0.305. The number of aryl methyl sites for hydroxylation is 1. The van der Waals surface area contributed by atoms with Crippen LogP contribution in [-0.2, 0) is 0 Å². The van der Waals surface area contributed by atoms with Gasteiger partial charge >= 0.3 is 0 Å². The number of rotatable bonds is 3. The molecule has 0 amide bonds. The van der Waals surface area contributed by atoms with Crippen molar-refractivity contribution in [3.8, 4) is 5.75 Å². The van der Waals surface area contributed by atoms with Gasteiger partial charge in [-0.1, -0.05) is 35.4 Å². The van der Waals surface area contributed by atoms with Gasteiger partial charge in [0.2, 0.25) is 0 Å². The molecule has 0 aliphatic heterocycles. The van der Waals surface area contributed by atoms with Crippen molar-refractivity contribution < 1.29 is 9.13 Å². The first kappa shape index (κ1) is 14.2. The highest BCUT2D eigenvalue weighted by atomic mass is 35.5. The fourth-order valence-electron chi connectivity index (χ4n) is 1.93. The van der Waals surface area contributed by atoms with Gasteiger partial charge < -0.3 is 4.74 Å². The molecule has 0 spiro atoms. The van der Waals surface area contributed by atoms with Crippen LogP contribution in [0.1, 0.15) is 22.1 Å². The van der Waals surface area contributed by atoms with E-state index >= 15 is 0 Å². The zero-order valence-electron chi connectivity index (χ0n) is 10.6. The van der Waals surface area contributed by atoms with E-state index in [9.17, 15) is 4.39 Å². The maximum Gasteiger partial charge on any atom is 0.124 e. The van der Waals surface area contributed by atoms with Gasteiger partial charge in [-0.3, -0.25) is 0 Å². The fraction of sp³-hybridized carbons (Fsp3) is 0.200. The Bertz CT molecular complexity index is 599. The van der Waals surface area contributed by atoms with Gasteiger partial charge in [-0.25, -0.2) is 4.39 Å². The molecule has 0 aliphatic rings. The number of methoxy groups -OCH3 is 1. The molecule has 2 rings (SSSR count). The number of hydrogen-bond acceptors (Lipinski definition) is 1. The molecule has 0 saturated heterocycles. The highest BCUT2D eigenvalue weighted by Crippen LogP contribution is 2.38. The third-order valence-corrected chi connectivity index (χ3v) is 3.69. The van der Waals surface area contributed by atoms with Gasteiger partial charge in [-0.2, -0.15) is 0 Å². The molecule has 0 fully saturated rings. The van der Waals surface area contributed by atoms with Crippen molar-refractivity contribution in [2.24, 2.45) is 0 Å². The molecular weight excluding hydrogens is 286 g/mol. The average Bonchev–Trinajstić information content (AvgIpc) is 2.38.